The average Bonchev–Trinajstić information content (AvgIpc) is 2.36. The first-order valence-electron chi connectivity index (χ1n) is 6.67. The molecule has 0 aliphatic rings. The van der Waals surface area contributed by atoms with E-state index in [4.69, 9.17) is 10.8 Å². The zero-order valence-corrected chi connectivity index (χ0v) is 12.2. The molecule has 108 valence electrons. The first-order valence-corrected chi connectivity index (χ1v) is 6.67. The van der Waals surface area contributed by atoms with Crippen LogP contribution in [0.15, 0.2) is 0 Å². The Labute approximate surface area is 114 Å². The molecule has 0 radical (unpaired) electrons. The molecular formula is C12H24N6O. The van der Waals surface area contributed by atoms with Crippen molar-refractivity contribution in [1.82, 2.24) is 15.0 Å². The summed E-state index contributed by atoms with van der Waals surface area (Å²) in [7, 11) is 0. The molecule has 1 rings (SSSR count). The Morgan fingerprint density at radius 1 is 1.11 bits per heavy atom. The van der Waals surface area contributed by atoms with Gasteiger partial charge in [0.1, 0.15) is 0 Å². The van der Waals surface area contributed by atoms with Crippen molar-refractivity contribution in [3.63, 3.8) is 0 Å². The van der Waals surface area contributed by atoms with Crippen LogP contribution in [0.2, 0.25) is 0 Å². The van der Waals surface area contributed by atoms with E-state index in [1.807, 2.05) is 37.5 Å². The maximum absolute atomic E-state index is 9.13. The highest BCUT2D eigenvalue weighted by Crippen LogP contribution is 2.16. The van der Waals surface area contributed by atoms with Crippen molar-refractivity contribution in [3.05, 3.63) is 0 Å². The van der Waals surface area contributed by atoms with Crippen LogP contribution in [0, 0.1) is 0 Å². The molecule has 0 saturated heterocycles. The van der Waals surface area contributed by atoms with E-state index >= 15 is 0 Å². The van der Waals surface area contributed by atoms with E-state index in [1.165, 1.54) is 0 Å². The summed E-state index contributed by atoms with van der Waals surface area (Å²) in [4.78, 5) is 16.7. The van der Waals surface area contributed by atoms with Crippen molar-refractivity contribution < 1.29 is 5.11 Å². The van der Waals surface area contributed by atoms with Crippen LogP contribution in [0.5, 0.6) is 0 Å². The number of rotatable bonds is 7. The summed E-state index contributed by atoms with van der Waals surface area (Å²) in [6.07, 6.45) is 0. The lowest BCUT2D eigenvalue weighted by Crippen LogP contribution is -2.36. The van der Waals surface area contributed by atoms with Gasteiger partial charge >= 0.3 is 0 Å². The topological polar surface area (TPSA) is 91.4 Å². The largest absolute Gasteiger partial charge is 0.395 e. The van der Waals surface area contributed by atoms with Gasteiger partial charge < -0.3 is 20.6 Å². The fourth-order valence-electron chi connectivity index (χ4n) is 1.84. The van der Waals surface area contributed by atoms with Crippen LogP contribution in [-0.4, -0.2) is 52.3 Å². The SMILES string of the molecule is CCN(CC)c1nc(N)nc(N(CCO)C(C)C)n1. The summed E-state index contributed by atoms with van der Waals surface area (Å²) in [5.74, 6) is 1.30. The fraction of sp³-hybridized carbons (Fsp3) is 0.750. The molecule has 0 aliphatic carbocycles. The van der Waals surface area contributed by atoms with Gasteiger partial charge in [-0.25, -0.2) is 0 Å². The third-order valence-corrected chi connectivity index (χ3v) is 2.90. The van der Waals surface area contributed by atoms with Crippen LogP contribution in [0.4, 0.5) is 17.8 Å². The first-order chi connectivity index (χ1) is 9.03. The zero-order valence-electron chi connectivity index (χ0n) is 12.2. The minimum absolute atomic E-state index is 0.0460. The second-order valence-electron chi connectivity index (χ2n) is 4.48. The Kier molecular flexibility index (Phi) is 5.75. The van der Waals surface area contributed by atoms with Crippen LogP contribution in [0.25, 0.3) is 0 Å². The van der Waals surface area contributed by atoms with Gasteiger partial charge in [-0.3, -0.25) is 0 Å². The van der Waals surface area contributed by atoms with E-state index in [2.05, 4.69) is 15.0 Å². The lowest BCUT2D eigenvalue weighted by Gasteiger charge is -2.27. The third kappa shape index (κ3) is 3.92. The van der Waals surface area contributed by atoms with E-state index in [0.717, 1.165) is 13.1 Å². The third-order valence-electron chi connectivity index (χ3n) is 2.90. The summed E-state index contributed by atoms with van der Waals surface area (Å²) in [6, 6.07) is 0.179. The molecule has 7 nitrogen and oxygen atoms in total. The molecule has 0 bridgehead atoms. The zero-order chi connectivity index (χ0) is 14.4. The van der Waals surface area contributed by atoms with E-state index in [9.17, 15) is 0 Å². The van der Waals surface area contributed by atoms with Gasteiger partial charge in [-0.15, -0.1) is 0 Å². The lowest BCUT2D eigenvalue weighted by molar-refractivity contribution is 0.298. The number of hydrogen-bond acceptors (Lipinski definition) is 7. The first kappa shape index (κ1) is 15.4. The molecule has 1 aromatic rings. The average molecular weight is 268 g/mol. The van der Waals surface area contributed by atoms with Crippen LogP contribution in [-0.2, 0) is 0 Å². The van der Waals surface area contributed by atoms with Crippen molar-refractivity contribution in [3.8, 4) is 0 Å². The molecule has 0 fully saturated rings. The van der Waals surface area contributed by atoms with E-state index in [0.29, 0.717) is 18.4 Å². The normalized spacial score (nSPS) is 10.8. The number of hydrogen-bond donors (Lipinski definition) is 2. The van der Waals surface area contributed by atoms with Gasteiger partial charge in [0.15, 0.2) is 0 Å². The highest BCUT2D eigenvalue weighted by molar-refractivity contribution is 5.43. The Bertz CT molecular complexity index is 394. The summed E-state index contributed by atoms with van der Waals surface area (Å²) in [5.41, 5.74) is 5.76. The second-order valence-corrected chi connectivity index (χ2v) is 4.48. The molecule has 1 aromatic heterocycles. The van der Waals surface area contributed by atoms with Gasteiger partial charge in [-0.1, -0.05) is 0 Å². The minimum atomic E-state index is 0.0460. The van der Waals surface area contributed by atoms with Crippen molar-refractivity contribution in [2.75, 3.05) is 41.8 Å². The van der Waals surface area contributed by atoms with Gasteiger partial charge in [0.05, 0.1) is 6.61 Å². The molecule has 0 aliphatic heterocycles. The highest BCUT2D eigenvalue weighted by atomic mass is 16.3. The molecule has 0 saturated carbocycles. The quantitative estimate of drug-likeness (QED) is 0.744. The van der Waals surface area contributed by atoms with Crippen molar-refractivity contribution >= 4 is 17.8 Å². The summed E-state index contributed by atoms with van der Waals surface area (Å²) in [6.45, 7) is 10.2. The Morgan fingerprint density at radius 2 is 1.68 bits per heavy atom. The van der Waals surface area contributed by atoms with Gasteiger partial charge in [0.2, 0.25) is 17.8 Å². The number of nitrogens with zero attached hydrogens (tertiary/aromatic N) is 5. The predicted molar refractivity (Wildman–Crippen MR) is 77.4 cm³/mol. The summed E-state index contributed by atoms with van der Waals surface area (Å²) < 4.78 is 0. The van der Waals surface area contributed by atoms with Crippen molar-refractivity contribution in [2.45, 2.75) is 33.7 Å². The number of aliphatic hydroxyl groups excluding tert-OH is 1. The second kappa shape index (κ2) is 7.08. The summed E-state index contributed by atoms with van der Waals surface area (Å²) in [5, 5.41) is 9.13. The number of aromatic nitrogens is 3. The van der Waals surface area contributed by atoms with Gasteiger partial charge in [-0.2, -0.15) is 15.0 Å². The Balaban J connectivity index is 3.13. The molecule has 19 heavy (non-hydrogen) atoms. The van der Waals surface area contributed by atoms with Crippen LogP contribution >= 0.6 is 0 Å². The monoisotopic (exact) mass is 268 g/mol. The highest BCUT2D eigenvalue weighted by Gasteiger charge is 2.17. The molecule has 0 amide bonds. The molecule has 0 unspecified atom stereocenters. The number of nitrogen functional groups attached to an aromatic ring is 1. The summed E-state index contributed by atoms with van der Waals surface area (Å²) >= 11 is 0. The van der Waals surface area contributed by atoms with Crippen molar-refractivity contribution in [1.29, 1.82) is 0 Å². The maximum Gasteiger partial charge on any atom is 0.232 e. The molecule has 0 atom stereocenters. The fourth-order valence-corrected chi connectivity index (χ4v) is 1.84. The molecule has 0 aromatic carbocycles. The smallest absolute Gasteiger partial charge is 0.232 e. The molecule has 1 heterocycles. The molecule has 7 heteroatoms. The van der Waals surface area contributed by atoms with E-state index in [-0.39, 0.29) is 18.6 Å². The van der Waals surface area contributed by atoms with Gasteiger partial charge in [-0.05, 0) is 27.7 Å². The molecule has 0 spiro atoms. The number of anilines is 3. The lowest BCUT2D eigenvalue weighted by atomic mass is 10.3. The number of aliphatic hydroxyl groups is 1. The molecular weight excluding hydrogens is 244 g/mol. The van der Waals surface area contributed by atoms with E-state index < -0.39 is 0 Å². The standard InChI is InChI=1S/C12H24N6O/c1-5-17(6-2)11-14-10(13)15-12(16-11)18(7-8-19)9(3)4/h9,19H,5-8H2,1-4H3,(H2,13,14,15,16). The Hall–Kier alpha value is -1.63. The Morgan fingerprint density at radius 3 is 2.16 bits per heavy atom. The van der Waals surface area contributed by atoms with Crippen LogP contribution in [0.3, 0.4) is 0 Å². The maximum atomic E-state index is 9.13. The number of nitrogens with two attached hydrogens (primary N) is 1. The minimum Gasteiger partial charge on any atom is -0.395 e. The van der Waals surface area contributed by atoms with Crippen molar-refractivity contribution in [2.24, 2.45) is 0 Å². The van der Waals surface area contributed by atoms with Gasteiger partial charge in [0, 0.05) is 25.7 Å². The van der Waals surface area contributed by atoms with Crippen LogP contribution < -0.4 is 15.5 Å². The van der Waals surface area contributed by atoms with Gasteiger partial charge in [0.25, 0.3) is 0 Å². The van der Waals surface area contributed by atoms with Crippen LogP contribution in [0.1, 0.15) is 27.7 Å². The predicted octanol–water partition coefficient (Wildman–Crippen LogP) is 0.507. The van der Waals surface area contributed by atoms with E-state index in [1.54, 1.807) is 0 Å². The molecule has 3 N–H and O–H groups in total.